The van der Waals surface area contributed by atoms with E-state index in [1.165, 1.54) is 11.0 Å². The van der Waals surface area contributed by atoms with Crippen molar-refractivity contribution in [2.45, 2.75) is 19.4 Å². The van der Waals surface area contributed by atoms with Crippen molar-refractivity contribution in [1.29, 1.82) is 0 Å². The third-order valence-corrected chi connectivity index (χ3v) is 3.25. The minimum Gasteiger partial charge on any atom is -0.504 e. The van der Waals surface area contributed by atoms with Crippen molar-refractivity contribution in [2.75, 3.05) is 19.7 Å². The van der Waals surface area contributed by atoms with E-state index in [1.54, 1.807) is 18.2 Å². The fourth-order valence-electron chi connectivity index (χ4n) is 2.22. The Morgan fingerprint density at radius 2 is 2.25 bits per heavy atom. The third-order valence-electron chi connectivity index (χ3n) is 3.25. The molecule has 1 aromatic carbocycles. The molecule has 2 rings (SSSR count). The van der Waals surface area contributed by atoms with E-state index in [9.17, 15) is 14.7 Å². The molecule has 2 N–H and O–H groups in total. The number of aromatic hydroxyl groups is 1. The molecule has 1 saturated heterocycles. The van der Waals surface area contributed by atoms with Crippen LogP contribution in [0.15, 0.2) is 24.3 Å². The van der Waals surface area contributed by atoms with Crippen molar-refractivity contribution < 1.29 is 19.4 Å². The summed E-state index contributed by atoms with van der Waals surface area (Å²) in [6, 6.07) is 6.02. The number of carbonyl (C=O) groups is 2. The number of rotatable bonds is 4. The van der Waals surface area contributed by atoms with Crippen molar-refractivity contribution in [2.24, 2.45) is 0 Å². The molecular formula is C14H18N2O4. The maximum absolute atomic E-state index is 12.1. The monoisotopic (exact) mass is 278 g/mol. The lowest BCUT2D eigenvalue weighted by Gasteiger charge is -2.34. The Morgan fingerprint density at radius 1 is 1.50 bits per heavy atom. The van der Waals surface area contributed by atoms with Gasteiger partial charge in [-0.1, -0.05) is 19.1 Å². The van der Waals surface area contributed by atoms with Gasteiger partial charge in [-0.25, -0.2) is 0 Å². The molecule has 1 unspecified atom stereocenters. The van der Waals surface area contributed by atoms with E-state index in [2.05, 4.69) is 5.32 Å². The van der Waals surface area contributed by atoms with Gasteiger partial charge in [0.1, 0.15) is 6.04 Å². The van der Waals surface area contributed by atoms with E-state index in [0.717, 1.165) is 0 Å². The van der Waals surface area contributed by atoms with Gasteiger partial charge < -0.3 is 20.1 Å². The third kappa shape index (κ3) is 3.01. The van der Waals surface area contributed by atoms with Crippen molar-refractivity contribution in [3.05, 3.63) is 24.3 Å². The van der Waals surface area contributed by atoms with Crippen LogP contribution in [0.1, 0.15) is 13.3 Å². The Bertz CT molecular complexity index is 504. The van der Waals surface area contributed by atoms with Gasteiger partial charge in [-0.05, 0) is 18.6 Å². The molecule has 0 spiro atoms. The van der Waals surface area contributed by atoms with Gasteiger partial charge in [-0.15, -0.1) is 0 Å². The van der Waals surface area contributed by atoms with Crippen molar-refractivity contribution >= 4 is 11.8 Å². The second-order valence-corrected chi connectivity index (χ2v) is 4.56. The molecule has 1 heterocycles. The summed E-state index contributed by atoms with van der Waals surface area (Å²) in [6.45, 7) is 2.60. The van der Waals surface area contributed by atoms with Crippen LogP contribution in [0, 0.1) is 0 Å². The topological polar surface area (TPSA) is 78.9 Å². The number of carbonyl (C=O) groups excluding carboxylic acids is 2. The number of amides is 2. The Kier molecular flexibility index (Phi) is 4.45. The van der Waals surface area contributed by atoms with Crippen LogP contribution in [-0.2, 0) is 9.59 Å². The Balaban J connectivity index is 1.97. The molecule has 20 heavy (non-hydrogen) atoms. The zero-order valence-electron chi connectivity index (χ0n) is 11.3. The van der Waals surface area contributed by atoms with Crippen LogP contribution in [0.2, 0.25) is 0 Å². The van der Waals surface area contributed by atoms with Gasteiger partial charge in [0.2, 0.25) is 5.91 Å². The maximum atomic E-state index is 12.1. The maximum Gasteiger partial charge on any atom is 0.261 e. The number of hydrogen-bond donors (Lipinski definition) is 2. The summed E-state index contributed by atoms with van der Waals surface area (Å²) in [4.78, 5) is 25.3. The van der Waals surface area contributed by atoms with Gasteiger partial charge >= 0.3 is 0 Å². The minimum atomic E-state index is -0.441. The standard InChI is InChI=1S/C14H18N2O4/c1-2-10-14(19)15-7-8-16(10)13(18)9-20-12-6-4-3-5-11(12)17/h3-6,10,17H,2,7-9H2,1H3,(H,15,19). The van der Waals surface area contributed by atoms with Crippen molar-refractivity contribution in [3.63, 3.8) is 0 Å². The molecule has 1 aliphatic heterocycles. The van der Waals surface area contributed by atoms with Crippen LogP contribution < -0.4 is 10.1 Å². The van der Waals surface area contributed by atoms with Gasteiger partial charge in [0.25, 0.3) is 5.91 Å². The summed E-state index contributed by atoms with van der Waals surface area (Å²) < 4.78 is 5.31. The number of nitrogens with zero attached hydrogens (tertiary/aromatic N) is 1. The Labute approximate surface area is 117 Å². The fourth-order valence-corrected chi connectivity index (χ4v) is 2.22. The second-order valence-electron chi connectivity index (χ2n) is 4.56. The molecule has 0 saturated carbocycles. The average Bonchev–Trinajstić information content (AvgIpc) is 2.46. The number of piperazine rings is 1. The van der Waals surface area contributed by atoms with Gasteiger partial charge in [0, 0.05) is 13.1 Å². The van der Waals surface area contributed by atoms with Crippen LogP contribution in [-0.4, -0.2) is 47.6 Å². The molecule has 1 atom stereocenters. The van der Waals surface area contributed by atoms with E-state index < -0.39 is 6.04 Å². The van der Waals surface area contributed by atoms with Crippen LogP contribution >= 0.6 is 0 Å². The number of phenolic OH excluding ortho intramolecular Hbond substituents is 1. The lowest BCUT2D eigenvalue weighted by Crippen LogP contribution is -2.57. The number of hydrogen-bond acceptors (Lipinski definition) is 4. The predicted octanol–water partition coefficient (Wildman–Crippen LogP) is 0.508. The molecule has 1 aromatic rings. The highest BCUT2D eigenvalue weighted by Crippen LogP contribution is 2.24. The van der Waals surface area contributed by atoms with Crippen molar-refractivity contribution in [3.8, 4) is 11.5 Å². The summed E-state index contributed by atoms with van der Waals surface area (Å²) >= 11 is 0. The number of nitrogens with one attached hydrogen (secondary N) is 1. The first-order chi connectivity index (χ1) is 9.63. The van der Waals surface area contributed by atoms with E-state index in [1.807, 2.05) is 6.92 Å². The first-order valence-electron chi connectivity index (χ1n) is 6.61. The summed E-state index contributed by atoms with van der Waals surface area (Å²) in [6.07, 6.45) is 0.564. The normalized spacial score (nSPS) is 18.6. The van der Waals surface area contributed by atoms with E-state index >= 15 is 0 Å². The Morgan fingerprint density at radius 3 is 2.95 bits per heavy atom. The molecule has 0 bridgehead atoms. The highest BCUT2D eigenvalue weighted by atomic mass is 16.5. The molecule has 0 aromatic heterocycles. The lowest BCUT2D eigenvalue weighted by molar-refractivity contribution is -0.144. The molecule has 1 aliphatic rings. The number of phenols is 1. The van der Waals surface area contributed by atoms with Crippen LogP contribution in [0.25, 0.3) is 0 Å². The fraction of sp³-hybridized carbons (Fsp3) is 0.429. The highest BCUT2D eigenvalue weighted by Gasteiger charge is 2.31. The van der Waals surface area contributed by atoms with E-state index in [0.29, 0.717) is 19.5 Å². The molecule has 0 aliphatic carbocycles. The predicted molar refractivity (Wildman–Crippen MR) is 72.4 cm³/mol. The van der Waals surface area contributed by atoms with Gasteiger partial charge in [-0.3, -0.25) is 9.59 Å². The quantitative estimate of drug-likeness (QED) is 0.841. The van der Waals surface area contributed by atoms with Crippen LogP contribution in [0.4, 0.5) is 0 Å². The zero-order valence-corrected chi connectivity index (χ0v) is 11.3. The average molecular weight is 278 g/mol. The van der Waals surface area contributed by atoms with Crippen LogP contribution in [0.5, 0.6) is 11.5 Å². The number of ether oxygens (including phenoxy) is 1. The van der Waals surface area contributed by atoms with Crippen LogP contribution in [0.3, 0.4) is 0 Å². The van der Waals surface area contributed by atoms with E-state index in [4.69, 9.17) is 4.74 Å². The van der Waals surface area contributed by atoms with Crippen molar-refractivity contribution in [1.82, 2.24) is 10.2 Å². The summed E-state index contributed by atoms with van der Waals surface area (Å²) in [5, 5.41) is 12.3. The molecule has 0 radical (unpaired) electrons. The molecule has 6 heteroatoms. The molecule has 6 nitrogen and oxygen atoms in total. The first-order valence-corrected chi connectivity index (χ1v) is 6.61. The summed E-state index contributed by atoms with van der Waals surface area (Å²) in [5.74, 6) is -0.135. The summed E-state index contributed by atoms with van der Waals surface area (Å²) in [5.41, 5.74) is 0. The zero-order chi connectivity index (χ0) is 14.5. The second kappa shape index (κ2) is 6.27. The van der Waals surface area contributed by atoms with Gasteiger partial charge in [0.05, 0.1) is 0 Å². The van der Waals surface area contributed by atoms with Gasteiger partial charge in [0.15, 0.2) is 18.1 Å². The molecule has 1 fully saturated rings. The van der Waals surface area contributed by atoms with E-state index in [-0.39, 0.29) is 29.9 Å². The molecule has 2 amide bonds. The smallest absolute Gasteiger partial charge is 0.261 e. The summed E-state index contributed by atoms with van der Waals surface area (Å²) in [7, 11) is 0. The first kappa shape index (κ1) is 14.2. The van der Waals surface area contributed by atoms with Gasteiger partial charge in [-0.2, -0.15) is 0 Å². The minimum absolute atomic E-state index is 0.0104. The molecule has 108 valence electrons. The largest absolute Gasteiger partial charge is 0.504 e. The highest BCUT2D eigenvalue weighted by molar-refractivity contribution is 5.89. The number of benzene rings is 1. The lowest BCUT2D eigenvalue weighted by atomic mass is 10.1. The SMILES string of the molecule is CCC1C(=O)NCCN1C(=O)COc1ccccc1O. The molecular weight excluding hydrogens is 260 g/mol. The number of para-hydroxylation sites is 2. The Hall–Kier alpha value is -2.24.